The lowest BCUT2D eigenvalue weighted by atomic mass is 10.0. The number of pyridine rings is 1. The highest BCUT2D eigenvalue weighted by Gasteiger charge is 2.47. The summed E-state index contributed by atoms with van der Waals surface area (Å²) in [6.07, 6.45) is 8.31. The van der Waals surface area contributed by atoms with Crippen LogP contribution in [0.4, 0.5) is 0 Å². The smallest absolute Gasteiger partial charge is 0.255 e. The number of hydrogen-bond acceptors (Lipinski definition) is 5. The van der Waals surface area contributed by atoms with Crippen molar-refractivity contribution in [1.29, 1.82) is 0 Å². The lowest BCUT2D eigenvalue weighted by molar-refractivity contribution is -0.129. The molecule has 2 saturated carbocycles. The highest BCUT2D eigenvalue weighted by Crippen LogP contribution is 2.41. The van der Waals surface area contributed by atoms with Crippen molar-refractivity contribution >= 4 is 17.7 Å². The molecule has 2 fully saturated rings. The molecule has 2 aliphatic carbocycles. The minimum Gasteiger partial charge on any atom is -0.474 e. The molecule has 2 heterocycles. The summed E-state index contributed by atoms with van der Waals surface area (Å²) in [5, 5.41) is 5.50. The molecule has 1 aromatic heterocycles. The fourth-order valence-corrected chi connectivity index (χ4v) is 4.62. The van der Waals surface area contributed by atoms with Gasteiger partial charge >= 0.3 is 0 Å². The van der Waals surface area contributed by atoms with Crippen LogP contribution in [0, 0.1) is 0 Å². The van der Waals surface area contributed by atoms with E-state index in [1.807, 2.05) is 24.3 Å². The molecule has 3 aliphatic rings. The van der Waals surface area contributed by atoms with E-state index < -0.39 is 6.04 Å². The summed E-state index contributed by atoms with van der Waals surface area (Å²) in [7, 11) is 0. The molecule has 1 atom stereocenters. The molecule has 0 saturated heterocycles. The maximum Gasteiger partial charge on any atom is 0.255 e. The largest absolute Gasteiger partial charge is 0.474 e. The van der Waals surface area contributed by atoms with Crippen LogP contribution in [0.1, 0.15) is 66.1 Å². The van der Waals surface area contributed by atoms with E-state index in [0.29, 0.717) is 23.6 Å². The molecular formula is C25H28N4O4. The number of aromatic nitrogens is 1. The Balaban J connectivity index is 1.12. The van der Waals surface area contributed by atoms with Crippen molar-refractivity contribution < 1.29 is 19.1 Å². The van der Waals surface area contributed by atoms with Crippen molar-refractivity contribution in [2.45, 2.75) is 63.3 Å². The molecule has 1 unspecified atom stereocenters. The number of ether oxygens (including phenoxy) is 1. The summed E-state index contributed by atoms with van der Waals surface area (Å²) in [6, 6.07) is 10.3. The van der Waals surface area contributed by atoms with E-state index in [9.17, 15) is 14.4 Å². The molecule has 8 heteroatoms. The molecule has 2 aromatic rings. The van der Waals surface area contributed by atoms with Crippen LogP contribution in [0.3, 0.4) is 0 Å². The maximum atomic E-state index is 12.9. The van der Waals surface area contributed by atoms with Crippen LogP contribution >= 0.6 is 0 Å². The van der Waals surface area contributed by atoms with Gasteiger partial charge in [-0.15, -0.1) is 0 Å². The molecule has 0 radical (unpaired) electrons. The van der Waals surface area contributed by atoms with Gasteiger partial charge in [-0.25, -0.2) is 4.98 Å². The fraction of sp³-hybridized carbons (Fsp3) is 0.440. The number of nitrogens with one attached hydrogen (secondary N) is 2. The van der Waals surface area contributed by atoms with Gasteiger partial charge in [0, 0.05) is 30.4 Å². The first-order valence-corrected chi connectivity index (χ1v) is 11.7. The van der Waals surface area contributed by atoms with Gasteiger partial charge in [-0.3, -0.25) is 14.4 Å². The zero-order chi connectivity index (χ0) is 22.8. The first kappa shape index (κ1) is 21.4. The number of amides is 3. The molecule has 5 rings (SSSR count). The summed E-state index contributed by atoms with van der Waals surface area (Å²) >= 11 is 0. The van der Waals surface area contributed by atoms with Gasteiger partial charge in [-0.1, -0.05) is 24.3 Å². The topological polar surface area (TPSA) is 101 Å². The molecule has 1 aromatic carbocycles. The zero-order valence-corrected chi connectivity index (χ0v) is 18.5. The monoisotopic (exact) mass is 448 g/mol. The summed E-state index contributed by atoms with van der Waals surface area (Å²) in [4.78, 5) is 44.0. The van der Waals surface area contributed by atoms with E-state index in [4.69, 9.17) is 4.74 Å². The van der Waals surface area contributed by atoms with Crippen LogP contribution < -0.4 is 15.4 Å². The van der Waals surface area contributed by atoms with Crippen molar-refractivity contribution in [1.82, 2.24) is 20.5 Å². The predicted molar refractivity (Wildman–Crippen MR) is 120 cm³/mol. The van der Waals surface area contributed by atoms with Gasteiger partial charge < -0.3 is 20.3 Å². The number of carbonyl (C=O) groups excluding carboxylic acids is 3. The van der Waals surface area contributed by atoms with E-state index >= 15 is 0 Å². The Bertz CT molecular complexity index is 1040. The van der Waals surface area contributed by atoms with E-state index in [1.165, 1.54) is 12.8 Å². The second-order valence-electron chi connectivity index (χ2n) is 8.96. The highest BCUT2D eigenvalue weighted by molar-refractivity contribution is 6.05. The Morgan fingerprint density at radius 1 is 1.03 bits per heavy atom. The number of rotatable bonds is 8. The first-order valence-electron chi connectivity index (χ1n) is 11.7. The van der Waals surface area contributed by atoms with Gasteiger partial charge in [0.1, 0.15) is 12.1 Å². The minimum absolute atomic E-state index is 0.0996. The van der Waals surface area contributed by atoms with Gasteiger partial charge in [0.25, 0.3) is 5.91 Å². The van der Waals surface area contributed by atoms with Gasteiger partial charge in [-0.05, 0) is 55.7 Å². The van der Waals surface area contributed by atoms with Crippen molar-refractivity contribution in [3.05, 3.63) is 59.3 Å². The lowest BCUT2D eigenvalue weighted by Crippen LogP contribution is -2.43. The van der Waals surface area contributed by atoms with E-state index in [2.05, 4.69) is 15.6 Å². The van der Waals surface area contributed by atoms with Gasteiger partial charge in [0.05, 0.1) is 6.54 Å². The molecule has 3 amide bonds. The molecule has 8 nitrogen and oxygen atoms in total. The Kier molecular flexibility index (Phi) is 5.98. The van der Waals surface area contributed by atoms with Crippen LogP contribution in [-0.2, 0) is 16.1 Å². The van der Waals surface area contributed by atoms with Crippen molar-refractivity contribution in [2.24, 2.45) is 0 Å². The van der Waals surface area contributed by atoms with Crippen molar-refractivity contribution in [2.75, 3.05) is 6.54 Å². The van der Waals surface area contributed by atoms with Crippen molar-refractivity contribution in [3.63, 3.8) is 0 Å². The second-order valence-corrected chi connectivity index (χ2v) is 8.96. The lowest BCUT2D eigenvalue weighted by Gasteiger charge is -2.24. The van der Waals surface area contributed by atoms with Gasteiger partial charge in [0.15, 0.2) is 0 Å². The molecule has 33 heavy (non-hydrogen) atoms. The Hall–Kier alpha value is -3.42. The van der Waals surface area contributed by atoms with Gasteiger partial charge in [0.2, 0.25) is 17.7 Å². The van der Waals surface area contributed by atoms with E-state index in [1.54, 1.807) is 23.2 Å². The average molecular weight is 449 g/mol. The van der Waals surface area contributed by atoms with E-state index in [0.717, 1.165) is 31.2 Å². The summed E-state index contributed by atoms with van der Waals surface area (Å²) in [5.41, 5.74) is 2.13. The quantitative estimate of drug-likeness (QED) is 0.646. The standard InChI is InChI=1S/C25H28N4O4/c30-21(26-13-16-9-12-22(27-14-16)33-18-5-1-2-6-18)15-28-24(31)23-19-7-3-4-8-20(19)25(32)29(23)17-10-11-17/h3-4,7-9,12,14,17-18,23H,1-2,5-6,10-11,13,15H2,(H,26,30)(H,28,31). The Labute approximate surface area is 192 Å². The second kappa shape index (κ2) is 9.21. The summed E-state index contributed by atoms with van der Waals surface area (Å²) in [5.74, 6) is -0.128. The number of hydrogen-bond donors (Lipinski definition) is 2. The molecule has 0 bridgehead atoms. The number of benzene rings is 1. The molecular weight excluding hydrogens is 420 g/mol. The normalized spacial score (nSPS) is 19.9. The predicted octanol–water partition coefficient (Wildman–Crippen LogP) is 2.49. The summed E-state index contributed by atoms with van der Waals surface area (Å²) in [6.45, 7) is 0.158. The minimum atomic E-state index is -0.675. The van der Waals surface area contributed by atoms with Crippen LogP contribution in [0.25, 0.3) is 0 Å². The van der Waals surface area contributed by atoms with Crippen LogP contribution in [-0.4, -0.2) is 46.3 Å². The third-order valence-electron chi connectivity index (χ3n) is 6.49. The highest BCUT2D eigenvalue weighted by atomic mass is 16.5. The number of fused-ring (bicyclic) bond motifs is 1. The number of carbonyl (C=O) groups is 3. The Morgan fingerprint density at radius 3 is 2.55 bits per heavy atom. The zero-order valence-electron chi connectivity index (χ0n) is 18.5. The SMILES string of the molecule is O=C(CNC(=O)C1c2ccccc2C(=O)N1C1CC1)NCc1ccc(OC2CCCC2)nc1. The van der Waals surface area contributed by atoms with Crippen molar-refractivity contribution in [3.8, 4) is 5.88 Å². The first-order chi connectivity index (χ1) is 16.1. The van der Waals surface area contributed by atoms with E-state index in [-0.39, 0.29) is 36.4 Å². The van der Waals surface area contributed by atoms with Crippen LogP contribution in [0.5, 0.6) is 5.88 Å². The number of nitrogens with zero attached hydrogens (tertiary/aromatic N) is 2. The maximum absolute atomic E-state index is 12.9. The molecule has 1 aliphatic heterocycles. The van der Waals surface area contributed by atoms with Crippen LogP contribution in [0.15, 0.2) is 42.6 Å². The molecule has 2 N–H and O–H groups in total. The third kappa shape index (κ3) is 4.69. The average Bonchev–Trinajstić information content (AvgIpc) is 3.46. The molecule has 172 valence electrons. The third-order valence-corrected chi connectivity index (χ3v) is 6.49. The van der Waals surface area contributed by atoms with Gasteiger partial charge in [-0.2, -0.15) is 0 Å². The van der Waals surface area contributed by atoms with Crippen LogP contribution in [0.2, 0.25) is 0 Å². The molecule has 0 spiro atoms. The summed E-state index contributed by atoms with van der Waals surface area (Å²) < 4.78 is 5.86. The Morgan fingerprint density at radius 2 is 1.82 bits per heavy atom. The fourth-order valence-electron chi connectivity index (χ4n) is 4.62.